The van der Waals surface area contributed by atoms with Crippen LogP contribution in [0.2, 0.25) is 0 Å². The lowest BCUT2D eigenvalue weighted by Crippen LogP contribution is -2.25. The number of H-pyrrole nitrogens is 1. The van der Waals surface area contributed by atoms with E-state index in [-0.39, 0.29) is 11.2 Å². The zero-order valence-corrected chi connectivity index (χ0v) is 16.5. The fourth-order valence-electron chi connectivity index (χ4n) is 3.87. The Bertz CT molecular complexity index is 1080. The van der Waals surface area contributed by atoms with Crippen LogP contribution in [0.1, 0.15) is 37.8 Å². The first-order valence-corrected chi connectivity index (χ1v) is 10.8. The molecular formula is C20H25N3O3S. The van der Waals surface area contributed by atoms with Gasteiger partial charge >= 0.3 is 0 Å². The lowest BCUT2D eigenvalue weighted by atomic mass is 9.70. The highest BCUT2D eigenvalue weighted by Gasteiger charge is 2.33. The molecule has 0 amide bonds. The highest BCUT2D eigenvalue weighted by molar-refractivity contribution is 7.92. The molecule has 0 radical (unpaired) electrons. The maximum Gasteiger partial charge on any atom is 0.229 e. The van der Waals surface area contributed by atoms with E-state index in [1.165, 1.54) is 0 Å². The normalized spacial score (nSPS) is 12.4. The summed E-state index contributed by atoms with van der Waals surface area (Å²) in [5.74, 6) is 0.0676. The van der Waals surface area contributed by atoms with E-state index in [4.69, 9.17) is 5.73 Å². The van der Waals surface area contributed by atoms with E-state index in [0.29, 0.717) is 11.4 Å². The van der Waals surface area contributed by atoms with Gasteiger partial charge in [-0.2, -0.15) is 0 Å². The van der Waals surface area contributed by atoms with Crippen LogP contribution >= 0.6 is 0 Å². The largest absolute Gasteiger partial charge is 0.506 e. The maximum atomic E-state index is 11.7. The van der Waals surface area contributed by atoms with E-state index in [1.807, 2.05) is 24.4 Å². The monoisotopic (exact) mass is 387 g/mol. The van der Waals surface area contributed by atoms with Crippen molar-refractivity contribution in [2.45, 2.75) is 32.1 Å². The lowest BCUT2D eigenvalue weighted by molar-refractivity contribution is 0.460. The summed E-state index contributed by atoms with van der Waals surface area (Å²) in [6.07, 6.45) is 4.68. The fraction of sp³-hybridized carbons (Fsp3) is 0.300. The SMILES string of the molecule is CCC(CC)(c1ccc(N)c(O)c1)c1c[nH]c2c(NS(C)(=O)=O)cccc12. The van der Waals surface area contributed by atoms with Crippen LogP contribution in [0.25, 0.3) is 10.9 Å². The Morgan fingerprint density at radius 3 is 2.48 bits per heavy atom. The molecule has 0 unspecified atom stereocenters. The summed E-state index contributed by atoms with van der Waals surface area (Å²) < 4.78 is 25.9. The Morgan fingerprint density at radius 2 is 1.89 bits per heavy atom. The topological polar surface area (TPSA) is 108 Å². The summed E-state index contributed by atoms with van der Waals surface area (Å²) in [5, 5.41) is 11.1. The highest BCUT2D eigenvalue weighted by atomic mass is 32.2. The van der Waals surface area contributed by atoms with E-state index < -0.39 is 10.0 Å². The molecule has 1 aromatic heterocycles. The van der Waals surface area contributed by atoms with Gasteiger partial charge in [-0.15, -0.1) is 0 Å². The average Bonchev–Trinajstić information content (AvgIpc) is 3.04. The number of nitrogen functional groups attached to an aromatic ring is 1. The zero-order valence-electron chi connectivity index (χ0n) is 15.7. The lowest BCUT2D eigenvalue weighted by Gasteiger charge is -2.33. The van der Waals surface area contributed by atoms with Crippen molar-refractivity contribution in [2.75, 3.05) is 16.7 Å². The van der Waals surface area contributed by atoms with E-state index in [9.17, 15) is 13.5 Å². The van der Waals surface area contributed by atoms with Crippen LogP contribution in [0, 0.1) is 0 Å². The molecule has 3 rings (SSSR count). The Hall–Kier alpha value is -2.67. The second kappa shape index (κ2) is 6.81. The summed E-state index contributed by atoms with van der Waals surface area (Å²) in [5.41, 5.74) is 9.08. The molecule has 0 fully saturated rings. The Labute approximate surface area is 159 Å². The van der Waals surface area contributed by atoms with Gasteiger partial charge in [-0.1, -0.05) is 32.0 Å². The Kier molecular flexibility index (Phi) is 4.82. The molecule has 0 aliphatic rings. The molecule has 7 heteroatoms. The van der Waals surface area contributed by atoms with Gasteiger partial charge in [0, 0.05) is 17.0 Å². The number of para-hydroxylation sites is 1. The van der Waals surface area contributed by atoms with E-state index >= 15 is 0 Å². The Morgan fingerprint density at radius 1 is 1.19 bits per heavy atom. The highest BCUT2D eigenvalue weighted by Crippen LogP contribution is 2.44. The van der Waals surface area contributed by atoms with Gasteiger partial charge in [0.1, 0.15) is 5.75 Å². The molecule has 0 aliphatic heterocycles. The standard InChI is InChI=1S/C20H25N3O3S/c1-4-20(5-2,13-9-10-16(21)18(24)11-13)15-12-22-19-14(15)7-6-8-17(19)23-27(3,25)26/h6-12,22-24H,4-5,21H2,1-3H3. The molecule has 1 heterocycles. The quantitative estimate of drug-likeness (QED) is 0.379. The molecule has 0 atom stereocenters. The van der Waals surface area contributed by atoms with Crippen LogP contribution in [-0.4, -0.2) is 24.8 Å². The van der Waals surface area contributed by atoms with E-state index in [1.54, 1.807) is 18.2 Å². The summed E-state index contributed by atoms with van der Waals surface area (Å²) in [4.78, 5) is 3.23. The molecule has 144 valence electrons. The van der Waals surface area contributed by atoms with Crippen molar-refractivity contribution in [3.63, 3.8) is 0 Å². The second-order valence-electron chi connectivity index (χ2n) is 6.87. The molecule has 3 aromatic rings. The molecule has 0 saturated heterocycles. The third kappa shape index (κ3) is 3.35. The molecule has 0 spiro atoms. The average molecular weight is 388 g/mol. The van der Waals surface area contributed by atoms with Gasteiger partial charge in [-0.05, 0) is 42.2 Å². The first-order chi connectivity index (χ1) is 12.7. The van der Waals surface area contributed by atoms with Crippen molar-refractivity contribution in [3.05, 3.63) is 53.7 Å². The fourth-order valence-corrected chi connectivity index (χ4v) is 4.44. The van der Waals surface area contributed by atoms with Gasteiger partial charge in [0.2, 0.25) is 10.0 Å². The minimum atomic E-state index is -3.39. The first kappa shape index (κ1) is 19.1. The summed E-state index contributed by atoms with van der Waals surface area (Å²) in [6.45, 7) is 4.21. The number of aromatic nitrogens is 1. The van der Waals surface area contributed by atoms with E-state index in [0.717, 1.165) is 41.1 Å². The van der Waals surface area contributed by atoms with Crippen LogP contribution in [0.4, 0.5) is 11.4 Å². The van der Waals surface area contributed by atoms with Crippen LogP contribution in [0.5, 0.6) is 5.75 Å². The molecule has 0 saturated carbocycles. The zero-order chi connectivity index (χ0) is 19.8. The third-order valence-corrected chi connectivity index (χ3v) is 5.91. The number of hydrogen-bond donors (Lipinski definition) is 4. The number of rotatable bonds is 6. The van der Waals surface area contributed by atoms with Crippen LogP contribution in [-0.2, 0) is 15.4 Å². The summed E-state index contributed by atoms with van der Waals surface area (Å²) >= 11 is 0. The van der Waals surface area contributed by atoms with Gasteiger partial charge < -0.3 is 15.8 Å². The first-order valence-electron chi connectivity index (χ1n) is 8.89. The van der Waals surface area contributed by atoms with Crippen LogP contribution in [0.15, 0.2) is 42.6 Å². The maximum absolute atomic E-state index is 11.7. The third-order valence-electron chi connectivity index (χ3n) is 5.32. The van der Waals surface area contributed by atoms with Crippen LogP contribution < -0.4 is 10.5 Å². The van der Waals surface area contributed by atoms with Crippen LogP contribution in [0.3, 0.4) is 0 Å². The minimum Gasteiger partial charge on any atom is -0.506 e. The number of benzene rings is 2. The van der Waals surface area contributed by atoms with Gasteiger partial charge in [0.05, 0.1) is 23.1 Å². The number of nitrogens with one attached hydrogen (secondary N) is 2. The molecule has 2 aromatic carbocycles. The molecular weight excluding hydrogens is 362 g/mol. The molecule has 0 bridgehead atoms. The van der Waals surface area contributed by atoms with Gasteiger partial charge in [-0.25, -0.2) is 8.42 Å². The number of sulfonamides is 1. The number of anilines is 2. The predicted octanol–water partition coefficient (Wildman–Crippen LogP) is 3.93. The minimum absolute atomic E-state index is 0.0676. The molecule has 27 heavy (non-hydrogen) atoms. The van der Waals surface area contributed by atoms with Crippen molar-refractivity contribution in [2.24, 2.45) is 0 Å². The van der Waals surface area contributed by atoms with Gasteiger partial charge in [-0.3, -0.25) is 4.72 Å². The smallest absolute Gasteiger partial charge is 0.229 e. The number of aromatic amines is 1. The van der Waals surface area contributed by atoms with Gasteiger partial charge in [0.25, 0.3) is 0 Å². The Balaban J connectivity index is 2.24. The summed E-state index contributed by atoms with van der Waals surface area (Å²) in [7, 11) is -3.39. The molecule has 6 nitrogen and oxygen atoms in total. The van der Waals surface area contributed by atoms with Gasteiger partial charge in [0.15, 0.2) is 0 Å². The second-order valence-corrected chi connectivity index (χ2v) is 8.62. The van der Waals surface area contributed by atoms with E-state index in [2.05, 4.69) is 23.6 Å². The predicted molar refractivity (Wildman–Crippen MR) is 111 cm³/mol. The number of nitrogens with two attached hydrogens (primary N) is 1. The summed E-state index contributed by atoms with van der Waals surface area (Å²) in [6, 6.07) is 10.9. The number of hydrogen-bond acceptors (Lipinski definition) is 4. The number of fused-ring (bicyclic) bond motifs is 1. The molecule has 5 N–H and O–H groups in total. The molecule has 0 aliphatic carbocycles. The number of phenols is 1. The van der Waals surface area contributed by atoms with Crippen molar-refractivity contribution in [1.29, 1.82) is 0 Å². The van der Waals surface area contributed by atoms with Crippen molar-refractivity contribution < 1.29 is 13.5 Å². The number of aromatic hydroxyl groups is 1. The van der Waals surface area contributed by atoms with Crippen molar-refractivity contribution in [1.82, 2.24) is 4.98 Å². The number of phenolic OH excluding ortho intramolecular Hbond substituents is 1. The van der Waals surface area contributed by atoms with Crippen molar-refractivity contribution in [3.8, 4) is 5.75 Å². The van der Waals surface area contributed by atoms with Crippen molar-refractivity contribution >= 4 is 32.3 Å².